The number of nitrogens with one attached hydrogen (secondary N) is 1. The van der Waals surface area contributed by atoms with Gasteiger partial charge in [0.1, 0.15) is 6.10 Å². The zero-order valence-corrected chi connectivity index (χ0v) is 11.2. The zero-order valence-electron chi connectivity index (χ0n) is 10.4. The number of aliphatic hydroxyl groups is 2. The minimum absolute atomic E-state index is 0.125. The summed E-state index contributed by atoms with van der Waals surface area (Å²) in [6, 6.07) is 6.34. The van der Waals surface area contributed by atoms with E-state index in [0.717, 1.165) is 0 Å². The number of nitrogens with two attached hydrogens (primary N) is 1. The molecule has 0 aliphatic carbocycles. The predicted octanol–water partition coefficient (Wildman–Crippen LogP) is 0.300. The molecule has 7 heteroatoms. The summed E-state index contributed by atoms with van der Waals surface area (Å²) in [6.07, 6.45) is -2.97. The van der Waals surface area contributed by atoms with Crippen molar-refractivity contribution < 1.29 is 19.7 Å². The van der Waals surface area contributed by atoms with E-state index in [1.807, 2.05) is 0 Å². The normalized spacial score (nSPS) is 13.4. The molecular weight excluding hydrogens is 268 g/mol. The van der Waals surface area contributed by atoms with Gasteiger partial charge in [-0.2, -0.15) is 0 Å². The van der Waals surface area contributed by atoms with Gasteiger partial charge in [0.25, 0.3) is 0 Å². The van der Waals surface area contributed by atoms with Crippen LogP contribution in [0.5, 0.6) is 0 Å². The van der Waals surface area contributed by atoms with Crippen LogP contribution in [-0.4, -0.2) is 34.0 Å². The van der Waals surface area contributed by atoms with E-state index >= 15 is 0 Å². The van der Waals surface area contributed by atoms with Gasteiger partial charge in [-0.1, -0.05) is 12.1 Å². The van der Waals surface area contributed by atoms with Crippen molar-refractivity contribution >= 4 is 29.0 Å². The van der Waals surface area contributed by atoms with Crippen molar-refractivity contribution in [1.82, 2.24) is 0 Å². The van der Waals surface area contributed by atoms with Gasteiger partial charge in [0.15, 0.2) is 11.2 Å². The molecule has 0 radical (unpaired) electrons. The minimum Gasteiger partial charge on any atom is -0.464 e. The number of carbonyl (C=O) groups excluding carboxylic acids is 1. The Morgan fingerprint density at radius 1 is 1.42 bits per heavy atom. The molecule has 0 saturated heterocycles. The summed E-state index contributed by atoms with van der Waals surface area (Å²) in [5, 5.41) is 22.3. The van der Waals surface area contributed by atoms with Gasteiger partial charge in [-0.25, -0.2) is 4.79 Å². The van der Waals surface area contributed by atoms with E-state index in [2.05, 4.69) is 22.3 Å². The lowest BCUT2D eigenvalue weighted by Crippen LogP contribution is -2.29. The molecule has 1 rings (SSSR count). The number of esters is 1. The third-order valence-corrected chi connectivity index (χ3v) is 2.45. The van der Waals surface area contributed by atoms with Gasteiger partial charge < -0.3 is 26.0 Å². The highest BCUT2D eigenvalue weighted by atomic mass is 32.1. The number of rotatable bonds is 5. The zero-order chi connectivity index (χ0) is 14.4. The maximum absolute atomic E-state index is 11.3. The van der Waals surface area contributed by atoms with Gasteiger partial charge in [-0.05, 0) is 36.8 Å². The van der Waals surface area contributed by atoms with Crippen LogP contribution in [0.2, 0.25) is 0 Å². The Hall–Kier alpha value is -1.70. The standard InChI is InChI=1S/C12H16N2O4S/c1-2-18-11(17)10(16)9(15)7-3-5-8(6-4-7)14-12(13)19/h3-6,9-10,15-16H,2H2,1H3,(H3,13,14,19). The van der Waals surface area contributed by atoms with E-state index in [0.29, 0.717) is 11.3 Å². The molecule has 0 aliphatic heterocycles. The molecule has 1 aromatic rings. The number of carbonyl (C=O) groups is 1. The van der Waals surface area contributed by atoms with E-state index in [9.17, 15) is 15.0 Å². The molecule has 1 aromatic carbocycles. The third-order valence-electron chi connectivity index (χ3n) is 2.35. The van der Waals surface area contributed by atoms with Gasteiger partial charge >= 0.3 is 5.97 Å². The van der Waals surface area contributed by atoms with E-state index in [-0.39, 0.29) is 11.7 Å². The van der Waals surface area contributed by atoms with Gasteiger partial charge in [-0.15, -0.1) is 0 Å². The molecular formula is C12H16N2O4S. The second-order valence-corrected chi connectivity index (χ2v) is 4.19. The Bertz CT molecular complexity index is 450. The van der Waals surface area contributed by atoms with Crippen LogP contribution in [0.4, 0.5) is 5.69 Å². The second-order valence-electron chi connectivity index (χ2n) is 3.75. The summed E-state index contributed by atoms with van der Waals surface area (Å²) in [6.45, 7) is 1.76. The van der Waals surface area contributed by atoms with Gasteiger partial charge in [0.2, 0.25) is 0 Å². The van der Waals surface area contributed by atoms with Crippen LogP contribution in [0.25, 0.3) is 0 Å². The molecule has 104 valence electrons. The number of ether oxygens (including phenoxy) is 1. The molecule has 0 amide bonds. The number of hydrogen-bond acceptors (Lipinski definition) is 5. The van der Waals surface area contributed by atoms with Gasteiger partial charge in [0.05, 0.1) is 6.61 Å². The average Bonchev–Trinajstić information content (AvgIpc) is 2.37. The van der Waals surface area contributed by atoms with Gasteiger partial charge in [-0.3, -0.25) is 0 Å². The third kappa shape index (κ3) is 4.47. The molecule has 0 heterocycles. The first-order chi connectivity index (χ1) is 8.95. The number of anilines is 1. The number of thiocarbonyl (C=S) groups is 1. The Kier molecular flexibility index (Phi) is 5.68. The summed E-state index contributed by atoms with van der Waals surface area (Å²) < 4.78 is 4.63. The van der Waals surface area contributed by atoms with Crippen LogP contribution in [0.3, 0.4) is 0 Å². The predicted molar refractivity (Wildman–Crippen MR) is 74.4 cm³/mol. The summed E-state index contributed by atoms with van der Waals surface area (Å²) in [5.74, 6) is -0.861. The van der Waals surface area contributed by atoms with Crippen molar-refractivity contribution in [3.8, 4) is 0 Å². The maximum Gasteiger partial charge on any atom is 0.338 e. The molecule has 6 nitrogen and oxygen atoms in total. The monoisotopic (exact) mass is 284 g/mol. The smallest absolute Gasteiger partial charge is 0.338 e. The summed E-state index contributed by atoms with van der Waals surface area (Å²) in [5.41, 5.74) is 6.34. The van der Waals surface area contributed by atoms with Crippen molar-refractivity contribution in [3.63, 3.8) is 0 Å². The molecule has 0 aliphatic rings. The average molecular weight is 284 g/mol. The van der Waals surface area contributed by atoms with Crippen molar-refractivity contribution in [2.24, 2.45) is 5.73 Å². The molecule has 0 bridgehead atoms. The summed E-state index contributed by atoms with van der Waals surface area (Å²) >= 11 is 4.68. The lowest BCUT2D eigenvalue weighted by atomic mass is 10.0. The lowest BCUT2D eigenvalue weighted by Gasteiger charge is -2.17. The van der Waals surface area contributed by atoms with Crippen LogP contribution < -0.4 is 11.1 Å². The Morgan fingerprint density at radius 2 is 2.00 bits per heavy atom. The van der Waals surface area contributed by atoms with E-state index in [1.54, 1.807) is 31.2 Å². The summed E-state index contributed by atoms with van der Waals surface area (Å²) in [7, 11) is 0. The molecule has 19 heavy (non-hydrogen) atoms. The topological polar surface area (TPSA) is 105 Å². The Morgan fingerprint density at radius 3 is 2.47 bits per heavy atom. The fourth-order valence-corrected chi connectivity index (χ4v) is 1.56. The quantitative estimate of drug-likeness (QED) is 0.455. The van der Waals surface area contributed by atoms with Gasteiger partial charge in [0, 0.05) is 5.69 Å². The number of hydrogen-bond donors (Lipinski definition) is 4. The maximum atomic E-state index is 11.3. The molecule has 0 fully saturated rings. The lowest BCUT2D eigenvalue weighted by molar-refractivity contribution is -0.159. The van der Waals surface area contributed by atoms with Crippen molar-refractivity contribution in [3.05, 3.63) is 29.8 Å². The molecule has 0 spiro atoms. The molecule has 2 atom stereocenters. The highest BCUT2D eigenvalue weighted by Gasteiger charge is 2.26. The minimum atomic E-state index is -1.62. The first-order valence-corrected chi connectivity index (χ1v) is 6.05. The highest BCUT2D eigenvalue weighted by Crippen LogP contribution is 2.20. The molecule has 0 saturated carbocycles. The fraction of sp³-hybridized carbons (Fsp3) is 0.333. The van der Waals surface area contributed by atoms with E-state index in [1.165, 1.54) is 0 Å². The summed E-state index contributed by atoms with van der Waals surface area (Å²) in [4.78, 5) is 11.3. The van der Waals surface area contributed by atoms with E-state index < -0.39 is 18.2 Å². The second kappa shape index (κ2) is 7.03. The number of aliphatic hydroxyl groups excluding tert-OH is 2. The van der Waals surface area contributed by atoms with Crippen molar-refractivity contribution in [2.75, 3.05) is 11.9 Å². The molecule has 2 unspecified atom stereocenters. The molecule has 5 N–H and O–H groups in total. The Labute approximate surface area is 116 Å². The first-order valence-electron chi connectivity index (χ1n) is 5.65. The van der Waals surface area contributed by atoms with Crippen LogP contribution in [0, 0.1) is 0 Å². The van der Waals surface area contributed by atoms with Crippen LogP contribution in [0.15, 0.2) is 24.3 Å². The van der Waals surface area contributed by atoms with Crippen molar-refractivity contribution in [1.29, 1.82) is 0 Å². The van der Waals surface area contributed by atoms with Crippen LogP contribution in [-0.2, 0) is 9.53 Å². The SMILES string of the molecule is CCOC(=O)C(O)C(O)c1ccc(NC(N)=S)cc1. The van der Waals surface area contributed by atoms with Crippen LogP contribution >= 0.6 is 12.2 Å². The fourth-order valence-electron chi connectivity index (χ4n) is 1.44. The largest absolute Gasteiger partial charge is 0.464 e. The molecule has 0 aromatic heterocycles. The first kappa shape index (κ1) is 15.4. The number of benzene rings is 1. The van der Waals surface area contributed by atoms with Crippen molar-refractivity contribution in [2.45, 2.75) is 19.1 Å². The highest BCUT2D eigenvalue weighted by molar-refractivity contribution is 7.80. The van der Waals surface area contributed by atoms with E-state index in [4.69, 9.17) is 5.73 Å². The Balaban J connectivity index is 2.74. The van der Waals surface area contributed by atoms with Crippen LogP contribution in [0.1, 0.15) is 18.6 Å².